The van der Waals surface area contributed by atoms with Crippen molar-refractivity contribution in [3.63, 3.8) is 0 Å². The average Bonchev–Trinajstić information content (AvgIpc) is 3.03. The first-order valence-corrected chi connectivity index (χ1v) is 8.16. The van der Waals surface area contributed by atoms with Gasteiger partial charge < -0.3 is 10.3 Å². The normalized spacial score (nSPS) is 21.4. The fourth-order valence-electron chi connectivity index (χ4n) is 3.55. The van der Waals surface area contributed by atoms with Crippen molar-refractivity contribution >= 4 is 22.8 Å². The largest absolute Gasteiger partial charge is 0.358 e. The monoisotopic (exact) mass is 330 g/mol. The number of imide groups is 1. The molecule has 126 valence electrons. The molecule has 0 spiro atoms. The van der Waals surface area contributed by atoms with Crippen LogP contribution in [-0.4, -0.2) is 52.4 Å². The summed E-state index contributed by atoms with van der Waals surface area (Å²) in [5, 5.41) is 3.53. The molecule has 24 heavy (non-hydrogen) atoms. The molecule has 1 saturated heterocycles. The zero-order valence-corrected chi connectivity index (χ0v) is 13.4. The predicted molar refractivity (Wildman–Crippen MR) is 86.9 cm³/mol. The topological polar surface area (TPSA) is 68.4 Å². The van der Waals surface area contributed by atoms with Gasteiger partial charge in [0.15, 0.2) is 0 Å². The molecule has 0 aliphatic carbocycles. The molecular weight excluding hydrogens is 311 g/mol. The van der Waals surface area contributed by atoms with Gasteiger partial charge in [-0.25, -0.2) is 9.18 Å². The van der Waals surface area contributed by atoms with Gasteiger partial charge in [0.2, 0.25) is 0 Å². The summed E-state index contributed by atoms with van der Waals surface area (Å²) in [5.41, 5.74) is 3.21. The Morgan fingerprint density at radius 3 is 2.88 bits per heavy atom. The summed E-state index contributed by atoms with van der Waals surface area (Å²) in [5.74, 6) is -0.415. The zero-order valence-electron chi connectivity index (χ0n) is 13.4. The van der Waals surface area contributed by atoms with E-state index in [4.69, 9.17) is 0 Å². The van der Waals surface area contributed by atoms with E-state index < -0.39 is 6.04 Å². The molecule has 0 radical (unpaired) electrons. The van der Waals surface area contributed by atoms with Gasteiger partial charge in [0, 0.05) is 49.2 Å². The van der Waals surface area contributed by atoms with Crippen LogP contribution in [0, 0.1) is 5.82 Å². The zero-order chi connectivity index (χ0) is 16.8. The van der Waals surface area contributed by atoms with Crippen molar-refractivity contribution in [2.24, 2.45) is 0 Å². The summed E-state index contributed by atoms with van der Waals surface area (Å²) in [7, 11) is 0. The first-order chi connectivity index (χ1) is 11.5. The Morgan fingerprint density at radius 1 is 1.29 bits per heavy atom. The SMILES string of the molecule is CC1NC(=O)N(CCN2CCc3[nH]c4ccc(F)cc4c3C2)C1=O. The van der Waals surface area contributed by atoms with Crippen LogP contribution >= 0.6 is 0 Å². The number of amides is 3. The number of nitrogens with one attached hydrogen (secondary N) is 2. The summed E-state index contributed by atoms with van der Waals surface area (Å²) in [6, 6.07) is 4.03. The minimum Gasteiger partial charge on any atom is -0.358 e. The lowest BCUT2D eigenvalue weighted by Crippen LogP contribution is -2.40. The number of urea groups is 1. The number of fused-ring (bicyclic) bond motifs is 3. The Hall–Kier alpha value is -2.41. The van der Waals surface area contributed by atoms with E-state index in [-0.39, 0.29) is 17.8 Å². The lowest BCUT2D eigenvalue weighted by molar-refractivity contribution is -0.127. The second-order valence-electron chi connectivity index (χ2n) is 6.46. The van der Waals surface area contributed by atoms with Crippen LogP contribution in [0.15, 0.2) is 18.2 Å². The molecule has 2 N–H and O–H groups in total. The third-order valence-electron chi connectivity index (χ3n) is 4.88. The molecule has 3 amide bonds. The lowest BCUT2D eigenvalue weighted by Gasteiger charge is -2.28. The summed E-state index contributed by atoms with van der Waals surface area (Å²) in [4.78, 5) is 30.5. The highest BCUT2D eigenvalue weighted by molar-refractivity contribution is 6.03. The summed E-state index contributed by atoms with van der Waals surface area (Å²) in [6.45, 7) is 4.22. The van der Waals surface area contributed by atoms with Gasteiger partial charge in [0.25, 0.3) is 5.91 Å². The molecule has 6 nitrogen and oxygen atoms in total. The summed E-state index contributed by atoms with van der Waals surface area (Å²) >= 11 is 0. The maximum atomic E-state index is 13.5. The van der Waals surface area contributed by atoms with E-state index in [1.807, 2.05) is 0 Å². The molecule has 1 aromatic carbocycles. The first-order valence-electron chi connectivity index (χ1n) is 8.16. The number of aromatic nitrogens is 1. The predicted octanol–water partition coefficient (Wildman–Crippen LogP) is 1.61. The Bertz CT molecular complexity index is 831. The van der Waals surface area contributed by atoms with E-state index in [2.05, 4.69) is 15.2 Å². The van der Waals surface area contributed by atoms with Gasteiger partial charge in [-0.15, -0.1) is 0 Å². The fraction of sp³-hybridized carbons (Fsp3) is 0.412. The smallest absolute Gasteiger partial charge is 0.324 e. The third-order valence-corrected chi connectivity index (χ3v) is 4.88. The Kier molecular flexibility index (Phi) is 3.53. The molecule has 7 heteroatoms. The molecular formula is C17H19FN4O2. The van der Waals surface area contributed by atoms with Crippen molar-refractivity contribution in [1.82, 2.24) is 20.1 Å². The van der Waals surface area contributed by atoms with Crippen molar-refractivity contribution < 1.29 is 14.0 Å². The van der Waals surface area contributed by atoms with E-state index in [9.17, 15) is 14.0 Å². The number of halogens is 1. The van der Waals surface area contributed by atoms with Gasteiger partial charge in [-0.3, -0.25) is 14.6 Å². The highest BCUT2D eigenvalue weighted by Gasteiger charge is 2.35. The summed E-state index contributed by atoms with van der Waals surface area (Å²) < 4.78 is 13.5. The average molecular weight is 330 g/mol. The number of nitrogens with zero attached hydrogens (tertiary/aromatic N) is 2. The van der Waals surface area contributed by atoms with Crippen molar-refractivity contribution in [1.29, 1.82) is 0 Å². The summed E-state index contributed by atoms with van der Waals surface area (Å²) in [6.07, 6.45) is 0.849. The molecule has 0 bridgehead atoms. The van der Waals surface area contributed by atoms with E-state index in [0.717, 1.165) is 35.1 Å². The molecule has 2 aromatic rings. The van der Waals surface area contributed by atoms with Crippen LogP contribution in [0.4, 0.5) is 9.18 Å². The van der Waals surface area contributed by atoms with E-state index in [0.29, 0.717) is 19.6 Å². The minimum atomic E-state index is -0.443. The number of hydrogen-bond donors (Lipinski definition) is 2. The number of carbonyl (C=O) groups excluding carboxylic acids is 2. The van der Waals surface area contributed by atoms with Crippen molar-refractivity contribution in [3.05, 3.63) is 35.3 Å². The highest BCUT2D eigenvalue weighted by atomic mass is 19.1. The number of hydrogen-bond acceptors (Lipinski definition) is 3. The lowest BCUT2D eigenvalue weighted by atomic mass is 10.0. The van der Waals surface area contributed by atoms with Crippen molar-refractivity contribution in [2.45, 2.75) is 25.9 Å². The molecule has 2 aliphatic rings. The number of benzene rings is 1. The minimum absolute atomic E-state index is 0.174. The van der Waals surface area contributed by atoms with Crippen molar-refractivity contribution in [3.8, 4) is 0 Å². The van der Waals surface area contributed by atoms with Crippen LogP contribution in [0.25, 0.3) is 10.9 Å². The van der Waals surface area contributed by atoms with Gasteiger partial charge in [0.05, 0.1) is 0 Å². The van der Waals surface area contributed by atoms with E-state index in [1.54, 1.807) is 19.1 Å². The molecule has 1 fully saturated rings. The number of rotatable bonds is 3. The molecule has 1 atom stereocenters. The van der Waals surface area contributed by atoms with Gasteiger partial charge in [-0.1, -0.05) is 0 Å². The van der Waals surface area contributed by atoms with Crippen LogP contribution in [0.1, 0.15) is 18.2 Å². The molecule has 1 unspecified atom stereocenters. The van der Waals surface area contributed by atoms with E-state index in [1.165, 1.54) is 11.0 Å². The van der Waals surface area contributed by atoms with Gasteiger partial charge >= 0.3 is 6.03 Å². The molecule has 4 rings (SSSR count). The van der Waals surface area contributed by atoms with Crippen LogP contribution < -0.4 is 5.32 Å². The maximum absolute atomic E-state index is 13.5. The van der Waals surface area contributed by atoms with E-state index >= 15 is 0 Å². The number of H-pyrrole nitrogens is 1. The first kappa shape index (κ1) is 15.1. The molecule has 0 saturated carbocycles. The van der Waals surface area contributed by atoms with Crippen LogP contribution in [0.3, 0.4) is 0 Å². The second kappa shape index (κ2) is 5.59. The standard InChI is InChI=1S/C17H19FN4O2/c1-10-16(23)22(17(24)19-10)7-6-21-5-4-15-13(9-21)12-8-11(18)2-3-14(12)20-15/h2-3,8,10,20H,4-7,9H2,1H3,(H,19,24). The Morgan fingerprint density at radius 2 is 2.12 bits per heavy atom. The second-order valence-corrected chi connectivity index (χ2v) is 6.46. The molecule has 1 aromatic heterocycles. The highest BCUT2D eigenvalue weighted by Crippen LogP contribution is 2.28. The quantitative estimate of drug-likeness (QED) is 0.840. The molecule has 3 heterocycles. The Labute approximate surface area is 138 Å². The third kappa shape index (κ3) is 2.45. The van der Waals surface area contributed by atoms with Gasteiger partial charge in [-0.2, -0.15) is 0 Å². The van der Waals surface area contributed by atoms with Crippen LogP contribution in [0.5, 0.6) is 0 Å². The Balaban J connectivity index is 1.48. The fourth-order valence-corrected chi connectivity index (χ4v) is 3.55. The number of aromatic amines is 1. The van der Waals surface area contributed by atoms with Crippen LogP contribution in [0.2, 0.25) is 0 Å². The van der Waals surface area contributed by atoms with Gasteiger partial charge in [0.1, 0.15) is 11.9 Å². The van der Waals surface area contributed by atoms with Crippen molar-refractivity contribution in [2.75, 3.05) is 19.6 Å². The van der Waals surface area contributed by atoms with Gasteiger partial charge in [-0.05, 0) is 30.7 Å². The van der Waals surface area contributed by atoms with Crippen LogP contribution in [-0.2, 0) is 17.8 Å². The maximum Gasteiger partial charge on any atom is 0.324 e. The number of carbonyl (C=O) groups is 2. The molecule has 2 aliphatic heterocycles.